The highest BCUT2D eigenvalue weighted by molar-refractivity contribution is 5.67. The molecule has 0 atom stereocenters. The van der Waals surface area contributed by atoms with Crippen LogP contribution in [0.3, 0.4) is 0 Å². The lowest BCUT2D eigenvalue weighted by atomic mass is 9.72. The summed E-state index contributed by atoms with van der Waals surface area (Å²) in [6.07, 6.45) is 14.4. The van der Waals surface area contributed by atoms with Crippen molar-refractivity contribution < 1.29 is 19.8 Å². The maximum Gasteiger partial charge on any atom is 0.303 e. The lowest BCUT2D eigenvalue weighted by Gasteiger charge is -2.34. The molecule has 0 unspecified atom stereocenters. The van der Waals surface area contributed by atoms with Gasteiger partial charge in [0, 0.05) is 6.42 Å². The molecule has 1 fully saturated rings. The molecule has 0 amide bonds. The Kier molecular flexibility index (Phi) is 13.6. The highest BCUT2D eigenvalue weighted by atomic mass is 16.4. The molecule has 0 aromatic carbocycles. The van der Waals surface area contributed by atoms with Crippen LogP contribution in [-0.2, 0) is 9.59 Å². The van der Waals surface area contributed by atoms with E-state index in [2.05, 4.69) is 6.92 Å². The third kappa shape index (κ3) is 12.3. The first kappa shape index (κ1) is 22.9. The predicted molar refractivity (Wildman–Crippen MR) is 97.1 cm³/mol. The molecule has 1 aliphatic carbocycles. The van der Waals surface area contributed by atoms with Crippen molar-refractivity contribution in [3.05, 3.63) is 0 Å². The van der Waals surface area contributed by atoms with Gasteiger partial charge in [-0.3, -0.25) is 9.59 Å². The summed E-state index contributed by atoms with van der Waals surface area (Å²) < 4.78 is 0. The van der Waals surface area contributed by atoms with E-state index in [1.165, 1.54) is 38.5 Å². The molecule has 5 heteroatoms. The van der Waals surface area contributed by atoms with Crippen molar-refractivity contribution >= 4 is 11.9 Å². The molecule has 1 rings (SSSR count). The van der Waals surface area contributed by atoms with Gasteiger partial charge < -0.3 is 15.9 Å². The zero-order valence-electron chi connectivity index (χ0n) is 15.4. The van der Waals surface area contributed by atoms with E-state index in [1.807, 2.05) is 0 Å². The molecule has 0 aromatic rings. The molecule has 0 heterocycles. The van der Waals surface area contributed by atoms with Crippen LogP contribution in [0.5, 0.6) is 0 Å². The molecular weight excluding hydrogens is 306 g/mol. The molecule has 0 saturated heterocycles. The monoisotopic (exact) mass is 343 g/mol. The van der Waals surface area contributed by atoms with Gasteiger partial charge in [0.1, 0.15) is 0 Å². The van der Waals surface area contributed by atoms with E-state index in [-0.39, 0.29) is 11.8 Å². The van der Waals surface area contributed by atoms with E-state index in [1.54, 1.807) is 0 Å². The topological polar surface area (TPSA) is 101 Å². The predicted octanol–water partition coefficient (Wildman–Crippen LogP) is 4.58. The summed E-state index contributed by atoms with van der Waals surface area (Å²) >= 11 is 0. The smallest absolute Gasteiger partial charge is 0.303 e. The lowest BCUT2D eigenvalue weighted by Crippen LogP contribution is -2.34. The fourth-order valence-corrected chi connectivity index (χ4v) is 3.31. The van der Waals surface area contributed by atoms with Crippen molar-refractivity contribution in [3.63, 3.8) is 0 Å². The van der Waals surface area contributed by atoms with Crippen LogP contribution in [0, 0.1) is 5.41 Å². The molecule has 24 heavy (non-hydrogen) atoms. The SMILES string of the molecule is CCCCCCCCCC(=O)O.NCC1(CC(=O)O)CCCCC1. The number of hydrogen-bond donors (Lipinski definition) is 3. The number of hydrogen-bond acceptors (Lipinski definition) is 3. The van der Waals surface area contributed by atoms with Gasteiger partial charge in [-0.05, 0) is 31.2 Å². The lowest BCUT2D eigenvalue weighted by molar-refractivity contribution is -0.140. The molecule has 4 N–H and O–H groups in total. The molecule has 5 nitrogen and oxygen atoms in total. The molecule has 1 saturated carbocycles. The molecular formula is C19H37NO4. The Morgan fingerprint density at radius 1 is 0.875 bits per heavy atom. The summed E-state index contributed by atoms with van der Waals surface area (Å²) in [5, 5.41) is 17.1. The first-order chi connectivity index (χ1) is 11.5. The number of nitrogens with two attached hydrogens (primary N) is 1. The summed E-state index contributed by atoms with van der Waals surface area (Å²) in [4.78, 5) is 20.7. The van der Waals surface area contributed by atoms with Gasteiger partial charge in [0.15, 0.2) is 0 Å². The highest BCUT2D eigenvalue weighted by Gasteiger charge is 2.32. The second-order valence-electron chi connectivity index (χ2n) is 7.10. The Morgan fingerprint density at radius 2 is 1.42 bits per heavy atom. The summed E-state index contributed by atoms with van der Waals surface area (Å²) in [5.41, 5.74) is 5.54. The molecule has 0 aliphatic heterocycles. The average molecular weight is 344 g/mol. The van der Waals surface area contributed by atoms with E-state index in [4.69, 9.17) is 15.9 Å². The second kappa shape index (κ2) is 14.3. The number of carboxylic acids is 2. The minimum atomic E-state index is -0.706. The van der Waals surface area contributed by atoms with Gasteiger partial charge in [0.2, 0.25) is 0 Å². The van der Waals surface area contributed by atoms with Gasteiger partial charge in [0.05, 0.1) is 6.42 Å². The van der Waals surface area contributed by atoms with Crippen LogP contribution in [0.4, 0.5) is 0 Å². The Labute approximate surface area is 147 Å². The molecule has 142 valence electrons. The highest BCUT2D eigenvalue weighted by Crippen LogP contribution is 2.38. The van der Waals surface area contributed by atoms with E-state index in [0.717, 1.165) is 38.5 Å². The van der Waals surface area contributed by atoms with Gasteiger partial charge in [-0.2, -0.15) is 0 Å². The van der Waals surface area contributed by atoms with E-state index in [9.17, 15) is 9.59 Å². The fraction of sp³-hybridized carbons (Fsp3) is 0.895. The summed E-state index contributed by atoms with van der Waals surface area (Å²) in [6, 6.07) is 0. The quantitative estimate of drug-likeness (QED) is 0.477. The first-order valence-corrected chi connectivity index (χ1v) is 9.59. The number of unbranched alkanes of at least 4 members (excludes halogenated alkanes) is 6. The van der Waals surface area contributed by atoms with Crippen LogP contribution in [0.2, 0.25) is 0 Å². The van der Waals surface area contributed by atoms with E-state index >= 15 is 0 Å². The van der Waals surface area contributed by atoms with Crippen molar-refractivity contribution in [3.8, 4) is 0 Å². The number of carboxylic acid groups (broad SMARTS) is 2. The van der Waals surface area contributed by atoms with Crippen molar-refractivity contribution in [1.82, 2.24) is 0 Å². The fourth-order valence-electron chi connectivity index (χ4n) is 3.31. The Hall–Kier alpha value is -1.10. The third-order valence-corrected chi connectivity index (χ3v) is 4.87. The molecule has 0 spiro atoms. The van der Waals surface area contributed by atoms with Gasteiger partial charge >= 0.3 is 11.9 Å². The largest absolute Gasteiger partial charge is 0.481 e. The van der Waals surface area contributed by atoms with Crippen molar-refractivity contribution in [2.24, 2.45) is 11.1 Å². The molecule has 1 aliphatic rings. The van der Waals surface area contributed by atoms with Crippen molar-refractivity contribution in [2.75, 3.05) is 6.54 Å². The second-order valence-corrected chi connectivity index (χ2v) is 7.10. The van der Waals surface area contributed by atoms with Crippen LogP contribution in [0.15, 0.2) is 0 Å². The van der Waals surface area contributed by atoms with Gasteiger partial charge in [-0.15, -0.1) is 0 Å². The zero-order chi connectivity index (χ0) is 18.3. The summed E-state index contributed by atoms with van der Waals surface area (Å²) in [5.74, 6) is -1.37. The minimum Gasteiger partial charge on any atom is -0.481 e. The Balaban J connectivity index is 0.000000441. The van der Waals surface area contributed by atoms with Crippen molar-refractivity contribution in [2.45, 2.75) is 96.8 Å². The van der Waals surface area contributed by atoms with Crippen LogP contribution in [0.25, 0.3) is 0 Å². The van der Waals surface area contributed by atoms with Crippen LogP contribution >= 0.6 is 0 Å². The number of rotatable bonds is 11. The molecule has 0 radical (unpaired) electrons. The summed E-state index contributed by atoms with van der Waals surface area (Å²) in [7, 11) is 0. The molecule has 0 aromatic heterocycles. The van der Waals surface area contributed by atoms with Crippen LogP contribution < -0.4 is 5.73 Å². The Bertz CT molecular complexity index is 338. The summed E-state index contributed by atoms with van der Waals surface area (Å²) in [6.45, 7) is 2.73. The van der Waals surface area contributed by atoms with Gasteiger partial charge in [-0.25, -0.2) is 0 Å². The third-order valence-electron chi connectivity index (χ3n) is 4.87. The standard InChI is InChI=1S/C10H20O2.C9H17NO2/c1-2-3-4-5-6-7-8-9-10(11)12;10-7-9(6-8(11)12)4-2-1-3-5-9/h2-9H2,1H3,(H,11,12);1-7,10H2,(H,11,12). The number of carbonyl (C=O) groups is 2. The number of aliphatic carboxylic acids is 2. The van der Waals surface area contributed by atoms with E-state index in [0.29, 0.717) is 13.0 Å². The Morgan fingerprint density at radius 3 is 1.88 bits per heavy atom. The van der Waals surface area contributed by atoms with Crippen LogP contribution in [0.1, 0.15) is 96.8 Å². The normalized spacial score (nSPS) is 16.1. The van der Waals surface area contributed by atoms with Gasteiger partial charge in [0.25, 0.3) is 0 Å². The maximum absolute atomic E-state index is 10.6. The van der Waals surface area contributed by atoms with E-state index < -0.39 is 11.9 Å². The zero-order valence-corrected chi connectivity index (χ0v) is 15.4. The maximum atomic E-state index is 10.6. The minimum absolute atomic E-state index is 0.0793. The molecule has 0 bridgehead atoms. The first-order valence-electron chi connectivity index (χ1n) is 9.59. The van der Waals surface area contributed by atoms with Crippen molar-refractivity contribution in [1.29, 1.82) is 0 Å². The van der Waals surface area contributed by atoms with Crippen LogP contribution in [-0.4, -0.2) is 28.7 Å². The van der Waals surface area contributed by atoms with Gasteiger partial charge in [-0.1, -0.05) is 64.7 Å². The average Bonchev–Trinajstić information content (AvgIpc) is 2.54.